The van der Waals surface area contributed by atoms with Gasteiger partial charge in [-0.3, -0.25) is 4.90 Å². The van der Waals surface area contributed by atoms with E-state index in [1.807, 2.05) is 6.07 Å². The van der Waals surface area contributed by atoms with Gasteiger partial charge in [0.05, 0.1) is 18.8 Å². The van der Waals surface area contributed by atoms with Crippen LogP contribution in [0, 0.1) is 12.8 Å². The van der Waals surface area contributed by atoms with Gasteiger partial charge in [0.25, 0.3) is 0 Å². The highest BCUT2D eigenvalue weighted by atomic mass is 35.5. The van der Waals surface area contributed by atoms with Gasteiger partial charge in [0.2, 0.25) is 0 Å². The summed E-state index contributed by atoms with van der Waals surface area (Å²) in [5.41, 5.74) is 2.49. The molecule has 2 fully saturated rings. The predicted octanol–water partition coefficient (Wildman–Crippen LogP) is 3.34. The molecule has 1 N–H and O–H groups in total. The van der Waals surface area contributed by atoms with Gasteiger partial charge in [-0.2, -0.15) is 0 Å². The van der Waals surface area contributed by atoms with Crippen LogP contribution >= 0.6 is 11.6 Å². The summed E-state index contributed by atoms with van der Waals surface area (Å²) in [6.45, 7) is 9.39. The maximum absolute atomic E-state index is 10.3. The number of halogens is 1. The zero-order valence-corrected chi connectivity index (χ0v) is 16.2. The number of anilines is 1. The highest BCUT2D eigenvalue weighted by Crippen LogP contribution is 2.28. The summed E-state index contributed by atoms with van der Waals surface area (Å²) in [7, 11) is 0. The first kappa shape index (κ1) is 19.0. The van der Waals surface area contributed by atoms with Crippen LogP contribution in [0.1, 0.15) is 31.7 Å². The molecule has 1 heterocycles. The summed E-state index contributed by atoms with van der Waals surface area (Å²) < 4.78 is 5.94. The van der Waals surface area contributed by atoms with Crippen LogP contribution in [0.2, 0.25) is 5.02 Å². The Morgan fingerprint density at radius 3 is 2.68 bits per heavy atom. The van der Waals surface area contributed by atoms with E-state index in [9.17, 15) is 5.11 Å². The van der Waals surface area contributed by atoms with Crippen LogP contribution in [-0.4, -0.2) is 61.5 Å². The van der Waals surface area contributed by atoms with E-state index in [4.69, 9.17) is 16.3 Å². The van der Waals surface area contributed by atoms with Crippen molar-refractivity contribution in [1.29, 1.82) is 0 Å². The zero-order chi connectivity index (χ0) is 17.8. The standard InChI is InChI=1S/C20H31ClN2O2/c1-15-6-7-17(21)12-19(15)23-10-8-22(9-11-23)13-18(24)14-25-20-5-3-4-16(20)2/h6-7,12,16,18,20,24H,3-5,8-11,13-14H2,1-2H3. The quantitative estimate of drug-likeness (QED) is 0.837. The molecule has 1 aromatic carbocycles. The number of hydrogen-bond acceptors (Lipinski definition) is 4. The molecule has 1 aliphatic carbocycles. The molecule has 0 spiro atoms. The minimum atomic E-state index is -0.396. The summed E-state index contributed by atoms with van der Waals surface area (Å²) in [5, 5.41) is 11.1. The number of ether oxygens (including phenoxy) is 1. The van der Waals surface area contributed by atoms with Crippen molar-refractivity contribution in [3.63, 3.8) is 0 Å². The largest absolute Gasteiger partial charge is 0.389 e. The van der Waals surface area contributed by atoms with Crippen molar-refractivity contribution >= 4 is 17.3 Å². The number of rotatable bonds is 6. The number of β-amino-alcohol motifs (C(OH)–C–C–N with tert-alkyl or cyclic N) is 1. The molecule has 140 valence electrons. The van der Waals surface area contributed by atoms with Crippen LogP contribution in [-0.2, 0) is 4.74 Å². The smallest absolute Gasteiger partial charge is 0.0900 e. The molecule has 0 bridgehead atoms. The first-order valence-electron chi connectivity index (χ1n) is 9.56. The van der Waals surface area contributed by atoms with Crippen molar-refractivity contribution in [2.75, 3.05) is 44.2 Å². The number of aliphatic hydroxyl groups excluding tert-OH is 1. The minimum Gasteiger partial charge on any atom is -0.389 e. The van der Waals surface area contributed by atoms with Gasteiger partial charge >= 0.3 is 0 Å². The van der Waals surface area contributed by atoms with E-state index in [-0.39, 0.29) is 0 Å². The van der Waals surface area contributed by atoms with Crippen molar-refractivity contribution in [2.45, 2.75) is 45.3 Å². The maximum atomic E-state index is 10.3. The van der Waals surface area contributed by atoms with Gasteiger partial charge in [-0.25, -0.2) is 0 Å². The predicted molar refractivity (Wildman–Crippen MR) is 104 cm³/mol. The van der Waals surface area contributed by atoms with Gasteiger partial charge < -0.3 is 14.7 Å². The van der Waals surface area contributed by atoms with Crippen molar-refractivity contribution in [3.8, 4) is 0 Å². The molecule has 3 rings (SSSR count). The molecule has 2 aliphatic rings. The molecule has 3 atom stereocenters. The van der Waals surface area contributed by atoms with Crippen molar-refractivity contribution in [3.05, 3.63) is 28.8 Å². The van der Waals surface area contributed by atoms with E-state index >= 15 is 0 Å². The molecule has 25 heavy (non-hydrogen) atoms. The lowest BCUT2D eigenvalue weighted by Crippen LogP contribution is -2.49. The minimum absolute atomic E-state index is 0.345. The van der Waals surface area contributed by atoms with E-state index in [0.717, 1.165) is 37.6 Å². The summed E-state index contributed by atoms with van der Waals surface area (Å²) in [5.74, 6) is 0.636. The van der Waals surface area contributed by atoms with Gasteiger partial charge in [-0.05, 0) is 43.4 Å². The molecular weight excluding hydrogens is 336 g/mol. The fourth-order valence-electron chi connectivity index (χ4n) is 4.04. The van der Waals surface area contributed by atoms with Crippen LogP contribution in [0.25, 0.3) is 0 Å². The average Bonchev–Trinajstić information content (AvgIpc) is 3.01. The van der Waals surface area contributed by atoms with Crippen LogP contribution in [0.5, 0.6) is 0 Å². The first-order chi connectivity index (χ1) is 12.0. The highest BCUT2D eigenvalue weighted by Gasteiger charge is 2.26. The number of aliphatic hydroxyl groups is 1. The molecule has 5 heteroatoms. The second-order valence-electron chi connectivity index (χ2n) is 7.65. The molecule has 3 unspecified atom stereocenters. The molecular formula is C20H31ClN2O2. The van der Waals surface area contributed by atoms with Crippen LogP contribution in [0.15, 0.2) is 18.2 Å². The summed E-state index contributed by atoms with van der Waals surface area (Å²) >= 11 is 6.15. The molecule has 1 aliphatic heterocycles. The Hall–Kier alpha value is -0.810. The molecule has 0 radical (unpaired) electrons. The van der Waals surface area contributed by atoms with Gasteiger partial charge in [-0.15, -0.1) is 0 Å². The summed E-state index contributed by atoms with van der Waals surface area (Å²) in [6.07, 6.45) is 3.61. The van der Waals surface area contributed by atoms with Crippen molar-refractivity contribution < 1.29 is 9.84 Å². The number of aryl methyl sites for hydroxylation is 1. The highest BCUT2D eigenvalue weighted by molar-refractivity contribution is 6.30. The Kier molecular flexibility index (Phi) is 6.61. The average molecular weight is 367 g/mol. The van der Waals surface area contributed by atoms with Crippen molar-refractivity contribution in [1.82, 2.24) is 4.90 Å². The van der Waals surface area contributed by atoms with Crippen LogP contribution in [0.4, 0.5) is 5.69 Å². The lowest BCUT2D eigenvalue weighted by Gasteiger charge is -2.37. The lowest BCUT2D eigenvalue weighted by molar-refractivity contribution is -0.0321. The Morgan fingerprint density at radius 1 is 1.24 bits per heavy atom. The molecule has 1 saturated heterocycles. The maximum Gasteiger partial charge on any atom is 0.0900 e. The fourth-order valence-corrected chi connectivity index (χ4v) is 4.21. The third-order valence-electron chi connectivity index (χ3n) is 5.64. The molecule has 1 saturated carbocycles. The van der Waals surface area contributed by atoms with E-state index in [2.05, 4.69) is 35.8 Å². The molecule has 0 aromatic heterocycles. The number of piperazine rings is 1. The molecule has 4 nitrogen and oxygen atoms in total. The monoisotopic (exact) mass is 366 g/mol. The number of benzene rings is 1. The normalized spacial score (nSPS) is 26.2. The van der Waals surface area contributed by atoms with E-state index < -0.39 is 6.10 Å². The third-order valence-corrected chi connectivity index (χ3v) is 5.87. The number of nitrogens with zero attached hydrogens (tertiary/aromatic N) is 2. The third kappa shape index (κ3) is 5.10. The Morgan fingerprint density at radius 2 is 2.00 bits per heavy atom. The first-order valence-corrected chi connectivity index (χ1v) is 9.94. The second-order valence-corrected chi connectivity index (χ2v) is 8.09. The van der Waals surface area contributed by atoms with Crippen molar-refractivity contribution in [2.24, 2.45) is 5.92 Å². The van der Waals surface area contributed by atoms with E-state index in [1.165, 1.54) is 24.1 Å². The Labute approximate surface area is 156 Å². The fraction of sp³-hybridized carbons (Fsp3) is 0.700. The van der Waals surface area contributed by atoms with Gasteiger partial charge in [-0.1, -0.05) is 31.0 Å². The van der Waals surface area contributed by atoms with Gasteiger partial charge in [0.1, 0.15) is 0 Å². The van der Waals surface area contributed by atoms with Crippen LogP contribution in [0.3, 0.4) is 0 Å². The molecule has 0 amide bonds. The zero-order valence-electron chi connectivity index (χ0n) is 15.5. The molecule has 1 aromatic rings. The second kappa shape index (κ2) is 8.72. The van der Waals surface area contributed by atoms with Gasteiger partial charge in [0, 0.05) is 43.4 Å². The summed E-state index contributed by atoms with van der Waals surface area (Å²) in [6, 6.07) is 6.07. The van der Waals surface area contributed by atoms with Crippen LogP contribution < -0.4 is 4.90 Å². The summed E-state index contributed by atoms with van der Waals surface area (Å²) in [4.78, 5) is 4.73. The topological polar surface area (TPSA) is 35.9 Å². The Bertz CT molecular complexity index is 561. The van der Waals surface area contributed by atoms with E-state index in [0.29, 0.717) is 25.2 Å². The lowest BCUT2D eigenvalue weighted by atomic mass is 10.1. The van der Waals surface area contributed by atoms with Gasteiger partial charge in [0.15, 0.2) is 0 Å². The Balaban J connectivity index is 1.42. The SMILES string of the molecule is Cc1ccc(Cl)cc1N1CCN(CC(O)COC2CCCC2C)CC1. The van der Waals surface area contributed by atoms with E-state index in [1.54, 1.807) is 0 Å². The number of hydrogen-bond donors (Lipinski definition) is 1.